The van der Waals surface area contributed by atoms with Gasteiger partial charge in [-0.2, -0.15) is 17.7 Å². The molecular weight excluding hydrogens is 238 g/mol. The molecule has 0 spiro atoms. The third kappa shape index (κ3) is 2.62. The summed E-state index contributed by atoms with van der Waals surface area (Å²) >= 11 is 4.22. The Hall–Kier alpha value is -1.04. The highest BCUT2D eigenvalue weighted by molar-refractivity contribution is 7.80. The number of thiol groups is 1. The van der Waals surface area contributed by atoms with E-state index >= 15 is 0 Å². The van der Waals surface area contributed by atoms with E-state index in [0.717, 1.165) is 18.0 Å². The zero-order valence-electron chi connectivity index (χ0n) is 9.85. The summed E-state index contributed by atoms with van der Waals surface area (Å²) < 4.78 is 0. The van der Waals surface area contributed by atoms with Crippen LogP contribution in [0.1, 0.15) is 19.8 Å². The number of carbonyl (C=O) groups is 2. The molecule has 94 valence electrons. The van der Waals surface area contributed by atoms with Crippen LogP contribution in [0, 0.1) is 11.8 Å². The van der Waals surface area contributed by atoms with E-state index in [0.29, 0.717) is 25.3 Å². The molecule has 1 saturated heterocycles. The number of nitrogens with zero attached hydrogens (tertiary/aromatic N) is 2. The van der Waals surface area contributed by atoms with Gasteiger partial charge in [-0.1, -0.05) is 0 Å². The lowest BCUT2D eigenvalue weighted by atomic mass is 10.0. The maximum absolute atomic E-state index is 11.7. The van der Waals surface area contributed by atoms with Crippen LogP contribution in [0.5, 0.6) is 0 Å². The first-order valence-electron chi connectivity index (χ1n) is 5.84. The Bertz CT molecular complexity index is 370. The minimum Gasteiger partial charge on any atom is -0.342 e. The van der Waals surface area contributed by atoms with E-state index < -0.39 is 0 Å². The fraction of sp³-hybridized carbons (Fsp3) is 0.727. The maximum atomic E-state index is 11.7. The molecule has 2 rings (SSSR count). The van der Waals surface area contributed by atoms with Crippen LogP contribution in [-0.2, 0) is 9.59 Å². The number of hydrogen-bond donors (Lipinski definition) is 2. The Morgan fingerprint density at radius 3 is 2.82 bits per heavy atom. The minimum absolute atomic E-state index is 0.0557. The topological polar surface area (TPSA) is 61.8 Å². The molecule has 0 aliphatic carbocycles. The smallest absolute Gasteiger partial charge is 0.248 e. The van der Waals surface area contributed by atoms with E-state index in [1.807, 2.05) is 11.8 Å². The molecule has 2 aliphatic rings. The summed E-state index contributed by atoms with van der Waals surface area (Å²) in [5.74, 6) is 1.06. The molecule has 0 aromatic rings. The van der Waals surface area contributed by atoms with Gasteiger partial charge < -0.3 is 4.90 Å². The first kappa shape index (κ1) is 12.4. The monoisotopic (exact) mass is 255 g/mol. The highest BCUT2D eigenvalue weighted by Gasteiger charge is 2.31. The molecule has 0 aromatic carbocycles. The van der Waals surface area contributed by atoms with E-state index in [1.54, 1.807) is 0 Å². The predicted molar refractivity (Wildman–Crippen MR) is 67.9 cm³/mol. The molecule has 0 radical (unpaired) electrons. The van der Waals surface area contributed by atoms with Gasteiger partial charge in [0.15, 0.2) is 0 Å². The second-order valence-corrected chi connectivity index (χ2v) is 5.03. The van der Waals surface area contributed by atoms with Crippen molar-refractivity contribution in [2.24, 2.45) is 16.9 Å². The first-order chi connectivity index (χ1) is 8.11. The molecule has 2 amide bonds. The third-order valence-electron chi connectivity index (χ3n) is 3.40. The number of hydrogen-bond acceptors (Lipinski definition) is 4. The molecule has 2 heterocycles. The Morgan fingerprint density at radius 2 is 2.29 bits per heavy atom. The van der Waals surface area contributed by atoms with Crippen molar-refractivity contribution in [2.45, 2.75) is 19.8 Å². The van der Waals surface area contributed by atoms with Crippen molar-refractivity contribution in [1.29, 1.82) is 0 Å². The van der Waals surface area contributed by atoms with Crippen molar-refractivity contribution in [3.63, 3.8) is 0 Å². The van der Waals surface area contributed by atoms with Crippen molar-refractivity contribution in [1.82, 2.24) is 10.3 Å². The first-order valence-corrected chi connectivity index (χ1v) is 6.47. The zero-order valence-corrected chi connectivity index (χ0v) is 10.7. The number of rotatable bonds is 4. The highest BCUT2D eigenvalue weighted by atomic mass is 32.1. The Morgan fingerprint density at radius 1 is 1.53 bits per heavy atom. The predicted octanol–water partition coefficient (Wildman–Crippen LogP) is 0.277. The van der Waals surface area contributed by atoms with E-state index in [4.69, 9.17) is 0 Å². The number of likely N-dealkylation sites (tertiary alicyclic amines) is 1. The van der Waals surface area contributed by atoms with Gasteiger partial charge in [0.1, 0.15) is 0 Å². The van der Waals surface area contributed by atoms with E-state index in [2.05, 4.69) is 23.2 Å². The van der Waals surface area contributed by atoms with Crippen molar-refractivity contribution in [3.8, 4) is 0 Å². The van der Waals surface area contributed by atoms with Crippen LogP contribution in [0.3, 0.4) is 0 Å². The van der Waals surface area contributed by atoms with E-state index in [-0.39, 0.29) is 17.7 Å². The van der Waals surface area contributed by atoms with Crippen molar-refractivity contribution < 1.29 is 9.59 Å². The fourth-order valence-corrected chi connectivity index (χ4v) is 2.55. The Balaban J connectivity index is 1.85. The Kier molecular flexibility index (Phi) is 3.71. The summed E-state index contributed by atoms with van der Waals surface area (Å²) in [5, 5.41) is 3.90. The molecule has 2 aliphatic heterocycles. The average Bonchev–Trinajstić information content (AvgIpc) is 2.81. The summed E-state index contributed by atoms with van der Waals surface area (Å²) in [6.45, 7) is 3.24. The number of nitrogens with one attached hydrogen (secondary N) is 1. The van der Waals surface area contributed by atoms with Gasteiger partial charge in [-0.3, -0.25) is 9.59 Å². The lowest BCUT2D eigenvalue weighted by Crippen LogP contribution is -2.31. The minimum atomic E-state index is -0.169. The van der Waals surface area contributed by atoms with Gasteiger partial charge in [-0.15, -0.1) is 0 Å². The molecular formula is C11H17N3O2S. The van der Waals surface area contributed by atoms with Crippen molar-refractivity contribution >= 4 is 30.2 Å². The van der Waals surface area contributed by atoms with Crippen LogP contribution in [0.4, 0.5) is 0 Å². The molecule has 2 atom stereocenters. The van der Waals surface area contributed by atoms with Crippen LogP contribution in [0.15, 0.2) is 5.10 Å². The largest absolute Gasteiger partial charge is 0.342 e. The molecule has 1 fully saturated rings. The quantitative estimate of drug-likeness (QED) is 0.709. The van der Waals surface area contributed by atoms with Crippen molar-refractivity contribution in [3.05, 3.63) is 0 Å². The van der Waals surface area contributed by atoms with E-state index in [9.17, 15) is 9.59 Å². The summed E-state index contributed by atoms with van der Waals surface area (Å²) in [6.07, 6.45) is 1.25. The second kappa shape index (κ2) is 5.08. The van der Waals surface area contributed by atoms with Crippen LogP contribution in [-0.4, -0.2) is 41.3 Å². The van der Waals surface area contributed by atoms with Crippen LogP contribution >= 0.6 is 12.6 Å². The molecule has 17 heavy (non-hydrogen) atoms. The summed E-state index contributed by atoms with van der Waals surface area (Å²) in [6, 6.07) is 0. The molecule has 5 nitrogen and oxygen atoms in total. The van der Waals surface area contributed by atoms with Gasteiger partial charge in [0.25, 0.3) is 0 Å². The van der Waals surface area contributed by atoms with Gasteiger partial charge in [0.05, 0.1) is 5.92 Å². The van der Waals surface area contributed by atoms with Gasteiger partial charge in [0, 0.05) is 25.2 Å². The molecule has 6 heteroatoms. The molecule has 1 N–H and O–H groups in total. The fourth-order valence-electron chi connectivity index (χ4n) is 2.31. The summed E-state index contributed by atoms with van der Waals surface area (Å²) in [5.41, 5.74) is 3.27. The Labute approximate surface area is 106 Å². The third-order valence-corrected chi connectivity index (χ3v) is 3.92. The molecule has 0 aromatic heterocycles. The van der Waals surface area contributed by atoms with E-state index in [1.165, 1.54) is 0 Å². The standard InChI is InChI=1S/C11H17N3O2S/c1-7-9(11(16)13-12-7)2-3-14-5-8(6-17)4-10(14)15/h8-9,17H,2-6H2,1H3,(H,13,16). The summed E-state index contributed by atoms with van der Waals surface area (Å²) in [4.78, 5) is 25.0. The molecule has 2 unspecified atom stereocenters. The maximum Gasteiger partial charge on any atom is 0.248 e. The van der Waals surface area contributed by atoms with Gasteiger partial charge >= 0.3 is 0 Å². The van der Waals surface area contributed by atoms with Gasteiger partial charge in [0.2, 0.25) is 11.8 Å². The lowest BCUT2D eigenvalue weighted by molar-refractivity contribution is -0.128. The number of amides is 2. The lowest BCUT2D eigenvalue weighted by Gasteiger charge is -2.18. The second-order valence-electron chi connectivity index (χ2n) is 4.66. The highest BCUT2D eigenvalue weighted by Crippen LogP contribution is 2.20. The van der Waals surface area contributed by atoms with Crippen LogP contribution in [0.2, 0.25) is 0 Å². The average molecular weight is 255 g/mol. The zero-order chi connectivity index (χ0) is 12.4. The number of hydrazone groups is 1. The van der Waals surface area contributed by atoms with Gasteiger partial charge in [-0.25, -0.2) is 5.43 Å². The molecule has 0 bridgehead atoms. The normalized spacial score (nSPS) is 28.6. The molecule has 0 saturated carbocycles. The summed E-state index contributed by atoms with van der Waals surface area (Å²) in [7, 11) is 0. The van der Waals surface area contributed by atoms with Gasteiger partial charge in [-0.05, 0) is 25.0 Å². The number of carbonyl (C=O) groups excluding carboxylic acids is 2. The van der Waals surface area contributed by atoms with Crippen molar-refractivity contribution in [2.75, 3.05) is 18.8 Å². The van der Waals surface area contributed by atoms with Crippen LogP contribution < -0.4 is 5.43 Å². The van der Waals surface area contributed by atoms with Crippen LogP contribution in [0.25, 0.3) is 0 Å². The SMILES string of the molecule is CC1=NNC(=O)C1CCN1CC(CS)CC1=O.